The third-order valence-corrected chi connectivity index (χ3v) is 1.76. The quantitative estimate of drug-likeness (QED) is 0.580. The fourth-order valence-corrected chi connectivity index (χ4v) is 1.16. The maximum absolute atomic E-state index is 11.2. The molecule has 0 fully saturated rings. The Bertz CT molecular complexity index is 481. The van der Waals surface area contributed by atoms with Gasteiger partial charge in [-0.05, 0) is 19.1 Å². The van der Waals surface area contributed by atoms with Crippen molar-refractivity contribution >= 4 is 11.0 Å². The van der Waals surface area contributed by atoms with Crippen molar-refractivity contribution in [3.05, 3.63) is 34.1 Å². The van der Waals surface area contributed by atoms with Gasteiger partial charge in [0, 0.05) is 0 Å². The Kier molecular flexibility index (Phi) is 1.24. The molecule has 0 aliphatic rings. The summed E-state index contributed by atoms with van der Waals surface area (Å²) in [5.41, 5.74) is 1.24. The van der Waals surface area contributed by atoms with Gasteiger partial charge >= 0.3 is 5.56 Å². The van der Waals surface area contributed by atoms with E-state index >= 15 is 0 Å². The first-order valence-electron chi connectivity index (χ1n) is 3.56. The molecule has 4 nitrogen and oxygen atoms in total. The second-order valence-electron chi connectivity index (χ2n) is 2.72. The monoisotopic (exact) mass is 164 g/mol. The van der Waals surface area contributed by atoms with E-state index in [4.69, 9.17) is 10.4 Å². The minimum atomic E-state index is -0.297. The van der Waals surface area contributed by atoms with Crippen LogP contribution in [0.5, 0.6) is 0 Å². The van der Waals surface area contributed by atoms with Crippen LogP contribution in [-0.2, 0) is 0 Å². The molecule has 1 aromatic carbocycles. The molecule has 0 unspecified atom stereocenters. The molecule has 0 bridgehead atoms. The number of benzene rings is 1. The standard InChI is InChI=1S/C8H8N2O2/c1-5-2-3-7-6(4-5)8(11)10(9)12-7/h2-4H,9H2,1H3. The van der Waals surface area contributed by atoms with E-state index in [0.29, 0.717) is 11.0 Å². The highest BCUT2D eigenvalue weighted by Crippen LogP contribution is 2.10. The first-order valence-corrected chi connectivity index (χ1v) is 3.56. The zero-order valence-corrected chi connectivity index (χ0v) is 6.57. The van der Waals surface area contributed by atoms with Crippen LogP contribution >= 0.6 is 0 Å². The lowest BCUT2D eigenvalue weighted by molar-refractivity contribution is 0.347. The van der Waals surface area contributed by atoms with Gasteiger partial charge in [0.15, 0.2) is 5.58 Å². The summed E-state index contributed by atoms with van der Waals surface area (Å²) in [6.45, 7) is 1.91. The fraction of sp³-hybridized carbons (Fsp3) is 0.125. The van der Waals surface area contributed by atoms with E-state index < -0.39 is 0 Å². The predicted molar refractivity (Wildman–Crippen MR) is 45.4 cm³/mol. The minimum Gasteiger partial charge on any atom is -0.356 e. The van der Waals surface area contributed by atoms with Crippen LogP contribution in [0.4, 0.5) is 0 Å². The lowest BCUT2D eigenvalue weighted by Gasteiger charge is -1.87. The average molecular weight is 164 g/mol. The lowest BCUT2D eigenvalue weighted by atomic mass is 10.2. The van der Waals surface area contributed by atoms with Crippen LogP contribution in [0, 0.1) is 6.92 Å². The Morgan fingerprint density at radius 3 is 3.00 bits per heavy atom. The Morgan fingerprint density at radius 1 is 1.50 bits per heavy atom. The van der Waals surface area contributed by atoms with Crippen molar-refractivity contribution in [1.29, 1.82) is 0 Å². The van der Waals surface area contributed by atoms with Crippen molar-refractivity contribution in [2.24, 2.45) is 0 Å². The van der Waals surface area contributed by atoms with E-state index in [9.17, 15) is 4.79 Å². The molecule has 0 saturated carbocycles. The van der Waals surface area contributed by atoms with E-state index in [2.05, 4.69) is 0 Å². The average Bonchev–Trinajstić information content (AvgIpc) is 2.31. The largest absolute Gasteiger partial charge is 0.356 e. The van der Waals surface area contributed by atoms with Crippen LogP contribution in [0.1, 0.15) is 5.56 Å². The molecule has 0 spiro atoms. The highest BCUT2D eigenvalue weighted by molar-refractivity contribution is 5.76. The van der Waals surface area contributed by atoms with Crippen LogP contribution in [0.2, 0.25) is 0 Å². The lowest BCUT2D eigenvalue weighted by Crippen LogP contribution is -2.21. The van der Waals surface area contributed by atoms with Gasteiger partial charge in [-0.25, -0.2) is 0 Å². The normalized spacial score (nSPS) is 10.8. The summed E-state index contributed by atoms with van der Waals surface area (Å²) >= 11 is 0. The third-order valence-electron chi connectivity index (χ3n) is 1.76. The Hall–Kier alpha value is -1.71. The maximum atomic E-state index is 11.2. The molecule has 0 radical (unpaired) electrons. The molecule has 0 atom stereocenters. The molecule has 12 heavy (non-hydrogen) atoms. The molecule has 2 N–H and O–H groups in total. The summed E-state index contributed by atoms with van der Waals surface area (Å²) in [5, 5.41) is 0.525. The maximum Gasteiger partial charge on any atom is 0.311 e. The molecule has 1 aromatic heterocycles. The van der Waals surface area contributed by atoms with Gasteiger partial charge in [-0.15, -0.1) is 0 Å². The van der Waals surface area contributed by atoms with Crippen molar-refractivity contribution < 1.29 is 4.52 Å². The van der Waals surface area contributed by atoms with Crippen LogP contribution in [0.15, 0.2) is 27.5 Å². The first-order chi connectivity index (χ1) is 5.68. The molecule has 2 rings (SSSR count). The first kappa shape index (κ1) is 6.97. The SMILES string of the molecule is Cc1ccc2on(N)c(=O)c2c1. The van der Waals surface area contributed by atoms with Crippen LogP contribution < -0.4 is 11.4 Å². The summed E-state index contributed by atoms with van der Waals surface area (Å²) in [4.78, 5) is 12.0. The van der Waals surface area contributed by atoms with Gasteiger partial charge in [0.2, 0.25) is 0 Å². The summed E-state index contributed by atoms with van der Waals surface area (Å²) in [6, 6.07) is 5.35. The number of rotatable bonds is 0. The van der Waals surface area contributed by atoms with E-state index in [-0.39, 0.29) is 5.56 Å². The Balaban J connectivity index is 2.98. The Morgan fingerprint density at radius 2 is 2.25 bits per heavy atom. The zero-order valence-electron chi connectivity index (χ0n) is 6.57. The molecule has 0 saturated heterocycles. The third kappa shape index (κ3) is 0.812. The summed E-state index contributed by atoms with van der Waals surface area (Å²) < 4.78 is 4.94. The van der Waals surface area contributed by atoms with Crippen molar-refractivity contribution in [2.45, 2.75) is 6.92 Å². The molecule has 4 heteroatoms. The number of nitrogens with zero attached hydrogens (tertiary/aromatic N) is 1. The van der Waals surface area contributed by atoms with Crippen molar-refractivity contribution in [3.63, 3.8) is 0 Å². The topological polar surface area (TPSA) is 61.2 Å². The number of hydrogen-bond donors (Lipinski definition) is 1. The summed E-state index contributed by atoms with van der Waals surface area (Å²) in [5.74, 6) is 5.24. The number of hydrogen-bond acceptors (Lipinski definition) is 3. The number of fused-ring (bicyclic) bond motifs is 1. The highest BCUT2D eigenvalue weighted by Gasteiger charge is 2.05. The van der Waals surface area contributed by atoms with Gasteiger partial charge in [0.1, 0.15) is 0 Å². The molecule has 62 valence electrons. The second-order valence-corrected chi connectivity index (χ2v) is 2.72. The van der Waals surface area contributed by atoms with Gasteiger partial charge in [-0.2, -0.15) is 0 Å². The second kappa shape index (κ2) is 2.14. The number of aryl methyl sites for hydroxylation is 1. The van der Waals surface area contributed by atoms with Crippen molar-refractivity contribution in [2.75, 3.05) is 5.84 Å². The molecule has 1 heterocycles. The number of nitrogens with two attached hydrogens (primary N) is 1. The van der Waals surface area contributed by atoms with Gasteiger partial charge < -0.3 is 10.4 Å². The number of aromatic nitrogens is 1. The van der Waals surface area contributed by atoms with Gasteiger partial charge in [-0.3, -0.25) is 4.79 Å². The minimum absolute atomic E-state index is 0.297. The van der Waals surface area contributed by atoms with Crippen LogP contribution in [0.3, 0.4) is 0 Å². The zero-order chi connectivity index (χ0) is 8.72. The smallest absolute Gasteiger partial charge is 0.311 e. The molecular formula is C8H8N2O2. The molecule has 2 aromatic rings. The van der Waals surface area contributed by atoms with E-state index in [0.717, 1.165) is 10.4 Å². The fourth-order valence-electron chi connectivity index (χ4n) is 1.16. The van der Waals surface area contributed by atoms with Gasteiger partial charge in [0.25, 0.3) is 0 Å². The molecule has 0 aliphatic heterocycles. The predicted octanol–water partition coefficient (Wildman–Crippen LogP) is 0.617. The summed E-state index contributed by atoms with van der Waals surface area (Å²) in [7, 11) is 0. The highest BCUT2D eigenvalue weighted by atomic mass is 16.5. The molecule has 0 aliphatic carbocycles. The van der Waals surface area contributed by atoms with Gasteiger partial charge in [-0.1, -0.05) is 16.5 Å². The van der Waals surface area contributed by atoms with Gasteiger partial charge in [0.05, 0.1) is 5.39 Å². The molecule has 0 amide bonds. The van der Waals surface area contributed by atoms with E-state index in [1.165, 1.54) is 0 Å². The van der Waals surface area contributed by atoms with Crippen molar-refractivity contribution in [3.8, 4) is 0 Å². The van der Waals surface area contributed by atoms with E-state index in [1.807, 2.05) is 13.0 Å². The summed E-state index contributed by atoms with van der Waals surface area (Å²) in [6.07, 6.45) is 0. The van der Waals surface area contributed by atoms with Crippen LogP contribution in [0.25, 0.3) is 11.0 Å². The van der Waals surface area contributed by atoms with E-state index in [1.54, 1.807) is 12.1 Å². The van der Waals surface area contributed by atoms with Crippen molar-refractivity contribution in [1.82, 2.24) is 4.85 Å². The van der Waals surface area contributed by atoms with Crippen LogP contribution in [-0.4, -0.2) is 4.85 Å². The Labute approximate surface area is 68.1 Å². The molecular weight excluding hydrogens is 156 g/mol. The number of nitrogen functional groups attached to an aromatic ring is 1.